The first-order valence-corrected chi connectivity index (χ1v) is 6.60. The molecule has 3 N–H and O–H groups in total. The Morgan fingerprint density at radius 2 is 1.71 bits per heavy atom. The van der Waals surface area contributed by atoms with Crippen molar-refractivity contribution in [3.05, 3.63) is 58.1 Å². The van der Waals surface area contributed by atoms with Crippen LogP contribution in [0.1, 0.15) is 15.9 Å². The lowest BCUT2D eigenvalue weighted by Crippen LogP contribution is -2.18. The third-order valence-corrected chi connectivity index (χ3v) is 3.19. The molecule has 0 unspecified atom stereocenters. The van der Waals surface area contributed by atoms with E-state index in [4.69, 9.17) is 5.73 Å². The Bertz CT molecular complexity index is 669. The summed E-state index contributed by atoms with van der Waals surface area (Å²) < 4.78 is 39.1. The molecule has 0 heterocycles. The fourth-order valence-corrected chi connectivity index (χ4v) is 2.07. The Hall–Kier alpha value is -2.02. The molecule has 7 heteroatoms. The van der Waals surface area contributed by atoms with Crippen molar-refractivity contribution >= 4 is 33.2 Å². The van der Waals surface area contributed by atoms with Crippen molar-refractivity contribution in [1.82, 2.24) is 0 Å². The number of halogens is 4. The van der Waals surface area contributed by atoms with Gasteiger partial charge in [-0.25, -0.2) is 0 Å². The number of carbonyl (C=O) groups is 1. The number of benzene rings is 2. The first-order valence-electron chi connectivity index (χ1n) is 5.81. The molecular formula is C14H10BrF3N2O. The van der Waals surface area contributed by atoms with Gasteiger partial charge < -0.3 is 11.1 Å². The number of hydrogen-bond acceptors (Lipinski definition) is 2. The molecule has 21 heavy (non-hydrogen) atoms. The quantitative estimate of drug-likeness (QED) is 0.786. The topological polar surface area (TPSA) is 55.1 Å². The van der Waals surface area contributed by atoms with E-state index in [1.807, 2.05) is 0 Å². The Morgan fingerprint density at radius 1 is 1.10 bits per heavy atom. The molecule has 0 aliphatic heterocycles. The number of amides is 1. The Kier molecular flexibility index (Phi) is 4.22. The highest BCUT2D eigenvalue weighted by Gasteiger charge is 2.35. The molecule has 0 aliphatic carbocycles. The lowest BCUT2D eigenvalue weighted by atomic mass is 10.1. The molecule has 1 amide bonds. The van der Waals surface area contributed by atoms with E-state index < -0.39 is 23.2 Å². The maximum Gasteiger partial charge on any atom is 0.417 e. The van der Waals surface area contributed by atoms with Crippen LogP contribution in [0.4, 0.5) is 24.5 Å². The van der Waals surface area contributed by atoms with Crippen molar-refractivity contribution in [2.75, 3.05) is 11.1 Å². The summed E-state index contributed by atoms with van der Waals surface area (Å²) in [6.07, 6.45) is -4.61. The average Bonchev–Trinajstić information content (AvgIpc) is 2.40. The third kappa shape index (κ3) is 3.75. The summed E-state index contributed by atoms with van der Waals surface area (Å²) in [5.41, 5.74) is 4.92. The largest absolute Gasteiger partial charge is 0.417 e. The predicted octanol–water partition coefficient (Wildman–Crippen LogP) is 4.30. The number of hydrogen-bond donors (Lipinski definition) is 2. The second-order valence-electron chi connectivity index (χ2n) is 4.26. The lowest BCUT2D eigenvalue weighted by Gasteiger charge is -2.13. The number of nitrogen functional groups attached to an aromatic ring is 1. The van der Waals surface area contributed by atoms with Gasteiger partial charge in [-0.15, -0.1) is 0 Å². The number of carbonyl (C=O) groups excluding carboxylic acids is 1. The third-order valence-electron chi connectivity index (χ3n) is 2.70. The second-order valence-corrected chi connectivity index (χ2v) is 5.18. The van der Waals surface area contributed by atoms with Crippen LogP contribution >= 0.6 is 15.9 Å². The van der Waals surface area contributed by atoms with Crippen LogP contribution < -0.4 is 11.1 Å². The van der Waals surface area contributed by atoms with Gasteiger partial charge in [-0.05, 0) is 42.5 Å². The van der Waals surface area contributed by atoms with Crippen LogP contribution in [0.5, 0.6) is 0 Å². The van der Waals surface area contributed by atoms with Crippen LogP contribution in [0.15, 0.2) is 46.9 Å². The zero-order chi connectivity index (χ0) is 15.6. The molecule has 0 saturated carbocycles. The van der Waals surface area contributed by atoms with E-state index >= 15 is 0 Å². The van der Waals surface area contributed by atoms with Gasteiger partial charge in [0.25, 0.3) is 5.91 Å². The summed E-state index contributed by atoms with van der Waals surface area (Å²) in [7, 11) is 0. The highest BCUT2D eigenvalue weighted by Crippen LogP contribution is 2.34. The number of nitrogens with two attached hydrogens (primary N) is 1. The van der Waals surface area contributed by atoms with E-state index in [1.54, 1.807) is 12.1 Å². The molecule has 0 spiro atoms. The van der Waals surface area contributed by atoms with Crippen molar-refractivity contribution in [1.29, 1.82) is 0 Å². The van der Waals surface area contributed by atoms with E-state index in [9.17, 15) is 18.0 Å². The number of anilines is 2. The summed E-state index contributed by atoms with van der Waals surface area (Å²) in [5, 5.41) is 2.41. The average molecular weight is 359 g/mol. The van der Waals surface area contributed by atoms with Gasteiger partial charge in [0.1, 0.15) is 0 Å². The molecule has 2 rings (SSSR count). The molecule has 110 valence electrons. The Labute approximate surface area is 127 Å². The monoisotopic (exact) mass is 358 g/mol. The summed E-state index contributed by atoms with van der Waals surface area (Å²) in [5.74, 6) is -0.834. The highest BCUT2D eigenvalue weighted by atomic mass is 79.9. The molecule has 0 fully saturated rings. The molecular weight excluding hydrogens is 349 g/mol. The molecule has 3 nitrogen and oxygen atoms in total. The highest BCUT2D eigenvalue weighted by molar-refractivity contribution is 9.10. The van der Waals surface area contributed by atoms with Gasteiger partial charge in [-0.3, -0.25) is 4.79 Å². The van der Waals surface area contributed by atoms with Crippen molar-refractivity contribution in [2.45, 2.75) is 6.18 Å². The standard InChI is InChI=1S/C14H10BrF3N2O/c15-8-1-6-11(12(7-8)14(16,17)18)13(21)20-10-4-2-9(19)3-5-10/h1-7H,19H2,(H,20,21). The Morgan fingerprint density at radius 3 is 2.29 bits per heavy atom. The van der Waals surface area contributed by atoms with Crippen molar-refractivity contribution in [3.63, 3.8) is 0 Å². The van der Waals surface area contributed by atoms with Crippen LogP contribution in [-0.4, -0.2) is 5.91 Å². The number of alkyl halides is 3. The molecule has 0 saturated heterocycles. The van der Waals surface area contributed by atoms with Crippen LogP contribution in [-0.2, 0) is 6.18 Å². The minimum absolute atomic E-state index is 0.249. The van der Waals surface area contributed by atoms with E-state index in [-0.39, 0.29) is 4.47 Å². The number of nitrogens with one attached hydrogen (secondary N) is 1. The van der Waals surface area contributed by atoms with Gasteiger partial charge in [0.15, 0.2) is 0 Å². The molecule has 2 aromatic rings. The van der Waals surface area contributed by atoms with Crippen molar-refractivity contribution < 1.29 is 18.0 Å². The van der Waals surface area contributed by atoms with E-state index in [1.165, 1.54) is 18.2 Å². The minimum Gasteiger partial charge on any atom is -0.399 e. The van der Waals surface area contributed by atoms with Gasteiger partial charge in [-0.1, -0.05) is 15.9 Å². The van der Waals surface area contributed by atoms with Crippen LogP contribution in [0, 0.1) is 0 Å². The van der Waals surface area contributed by atoms with Crippen molar-refractivity contribution in [2.24, 2.45) is 0 Å². The van der Waals surface area contributed by atoms with Crippen LogP contribution in [0.3, 0.4) is 0 Å². The summed E-state index contributed by atoms with van der Waals surface area (Å²) >= 11 is 2.97. The summed E-state index contributed by atoms with van der Waals surface area (Å²) in [6, 6.07) is 9.49. The molecule has 0 aromatic heterocycles. The second kappa shape index (κ2) is 5.77. The molecule has 0 radical (unpaired) electrons. The normalized spacial score (nSPS) is 11.2. The predicted molar refractivity (Wildman–Crippen MR) is 78.0 cm³/mol. The Balaban J connectivity index is 2.33. The van der Waals surface area contributed by atoms with E-state index in [0.717, 1.165) is 12.1 Å². The zero-order valence-corrected chi connectivity index (χ0v) is 12.1. The maximum atomic E-state index is 13.0. The molecule has 0 aliphatic rings. The lowest BCUT2D eigenvalue weighted by molar-refractivity contribution is -0.137. The van der Waals surface area contributed by atoms with Crippen molar-refractivity contribution in [3.8, 4) is 0 Å². The summed E-state index contributed by atoms with van der Waals surface area (Å²) in [4.78, 5) is 12.0. The van der Waals surface area contributed by atoms with E-state index in [0.29, 0.717) is 11.4 Å². The minimum atomic E-state index is -4.61. The zero-order valence-electron chi connectivity index (χ0n) is 10.5. The van der Waals surface area contributed by atoms with Gasteiger partial charge in [0.2, 0.25) is 0 Å². The van der Waals surface area contributed by atoms with E-state index in [2.05, 4.69) is 21.2 Å². The van der Waals surface area contributed by atoms with Gasteiger partial charge in [0, 0.05) is 15.8 Å². The first kappa shape index (κ1) is 15.4. The van der Waals surface area contributed by atoms with Gasteiger partial charge in [0.05, 0.1) is 11.1 Å². The molecule has 0 bridgehead atoms. The van der Waals surface area contributed by atoms with Gasteiger partial charge in [-0.2, -0.15) is 13.2 Å². The fraction of sp³-hybridized carbons (Fsp3) is 0.0714. The van der Waals surface area contributed by atoms with Gasteiger partial charge >= 0.3 is 6.18 Å². The van der Waals surface area contributed by atoms with Crippen LogP contribution in [0.2, 0.25) is 0 Å². The maximum absolute atomic E-state index is 13.0. The number of rotatable bonds is 2. The first-order chi connectivity index (χ1) is 9.77. The molecule has 0 atom stereocenters. The molecule has 2 aromatic carbocycles. The SMILES string of the molecule is Nc1ccc(NC(=O)c2ccc(Br)cc2C(F)(F)F)cc1. The van der Waals surface area contributed by atoms with Crippen LogP contribution in [0.25, 0.3) is 0 Å². The summed E-state index contributed by atoms with van der Waals surface area (Å²) in [6.45, 7) is 0. The smallest absolute Gasteiger partial charge is 0.399 e. The fourth-order valence-electron chi connectivity index (χ4n) is 1.71.